The highest BCUT2D eigenvalue weighted by atomic mass is 32.1. The molecule has 25 heavy (non-hydrogen) atoms. The summed E-state index contributed by atoms with van der Waals surface area (Å²) in [5, 5.41) is 15.0. The highest BCUT2D eigenvalue weighted by Gasteiger charge is 2.11. The largest absolute Gasteiger partial charge is 0.370 e. The van der Waals surface area contributed by atoms with Gasteiger partial charge in [-0.15, -0.1) is 11.3 Å². The number of amides is 1. The Hall–Kier alpha value is -3.00. The lowest BCUT2D eigenvalue weighted by molar-refractivity contribution is 0.0948. The number of hydrogen-bond acceptors (Lipinski definition) is 6. The van der Waals surface area contributed by atoms with E-state index < -0.39 is 0 Å². The van der Waals surface area contributed by atoms with Crippen molar-refractivity contribution in [1.29, 1.82) is 0 Å². The molecule has 1 amide bonds. The minimum absolute atomic E-state index is 0.185. The summed E-state index contributed by atoms with van der Waals surface area (Å²) < 4.78 is 0. The van der Waals surface area contributed by atoms with Crippen LogP contribution in [0.5, 0.6) is 0 Å². The average molecular weight is 354 g/mol. The summed E-state index contributed by atoms with van der Waals surface area (Å²) in [5.41, 5.74) is 1.24. The van der Waals surface area contributed by atoms with E-state index in [0.29, 0.717) is 24.6 Å². The molecule has 8 heteroatoms. The summed E-state index contributed by atoms with van der Waals surface area (Å²) in [6, 6.07) is 11.2. The zero-order valence-corrected chi connectivity index (χ0v) is 14.3. The number of rotatable bonds is 8. The lowest BCUT2D eigenvalue weighted by Crippen LogP contribution is -2.26. The molecule has 0 saturated carbocycles. The number of nitrogens with one attached hydrogen (secondary N) is 3. The highest BCUT2D eigenvalue weighted by molar-refractivity contribution is 7.13. The topological polar surface area (TPSA) is 95.1 Å². The number of aromatic nitrogens is 3. The number of H-pyrrole nitrogens is 1. The Kier molecular flexibility index (Phi) is 5.53. The highest BCUT2D eigenvalue weighted by Crippen LogP contribution is 2.22. The molecule has 0 bridgehead atoms. The third-order valence-corrected chi connectivity index (χ3v) is 4.34. The quantitative estimate of drug-likeness (QED) is 0.428. The number of thiophene rings is 1. The molecule has 7 nitrogen and oxygen atoms in total. The van der Waals surface area contributed by atoms with Crippen molar-refractivity contribution in [1.82, 2.24) is 20.5 Å². The molecule has 0 atom stereocenters. The second-order valence-corrected chi connectivity index (χ2v) is 6.17. The summed E-state index contributed by atoms with van der Waals surface area (Å²) in [7, 11) is 0. The van der Waals surface area contributed by atoms with Crippen LogP contribution in [0, 0.1) is 0 Å². The first-order valence-electron chi connectivity index (χ1n) is 7.81. The van der Waals surface area contributed by atoms with Crippen LogP contribution in [0.3, 0.4) is 0 Å². The Morgan fingerprint density at radius 1 is 1.28 bits per heavy atom. The third-order valence-electron chi connectivity index (χ3n) is 3.44. The summed E-state index contributed by atoms with van der Waals surface area (Å²) in [6.07, 6.45) is 0.765. The first-order valence-corrected chi connectivity index (χ1v) is 8.69. The predicted octanol–water partition coefficient (Wildman–Crippen LogP) is 3.10. The zero-order chi connectivity index (χ0) is 17.5. The van der Waals surface area contributed by atoms with E-state index in [4.69, 9.17) is 0 Å². The van der Waals surface area contributed by atoms with Crippen LogP contribution in [-0.4, -0.2) is 40.9 Å². The number of hydrogen-bond donors (Lipinski definition) is 3. The first kappa shape index (κ1) is 16.8. The number of carbonyl (C=O) groups excluding carboxylic acids is 1. The van der Waals surface area contributed by atoms with Gasteiger partial charge in [-0.3, -0.25) is 9.89 Å². The Balaban J connectivity index is 1.41. The van der Waals surface area contributed by atoms with Crippen molar-refractivity contribution >= 4 is 35.6 Å². The van der Waals surface area contributed by atoms with E-state index in [1.54, 1.807) is 23.5 Å². The first-order chi connectivity index (χ1) is 12.3. The van der Waals surface area contributed by atoms with Crippen molar-refractivity contribution in [3.63, 3.8) is 0 Å². The maximum absolute atomic E-state index is 12.1. The predicted molar refractivity (Wildman–Crippen MR) is 101 cm³/mol. The Morgan fingerprint density at radius 3 is 3.00 bits per heavy atom. The van der Waals surface area contributed by atoms with Crippen LogP contribution in [0.15, 0.2) is 46.8 Å². The van der Waals surface area contributed by atoms with E-state index in [9.17, 15) is 4.79 Å². The number of anilines is 1. The van der Waals surface area contributed by atoms with E-state index in [-0.39, 0.29) is 5.91 Å². The van der Waals surface area contributed by atoms with Gasteiger partial charge >= 0.3 is 0 Å². The normalized spacial score (nSPS) is 10.4. The fraction of sp³-hybridized carbons (Fsp3) is 0.176. The van der Waals surface area contributed by atoms with Crippen LogP contribution in [0.1, 0.15) is 16.9 Å². The van der Waals surface area contributed by atoms with Gasteiger partial charge in [-0.1, -0.05) is 12.1 Å². The Labute approximate surface area is 149 Å². The van der Waals surface area contributed by atoms with Gasteiger partial charge < -0.3 is 10.6 Å². The minimum atomic E-state index is -0.185. The molecule has 0 spiro atoms. The molecule has 0 aliphatic rings. The molecular formula is C17H18N6OS. The number of pyridine rings is 1. The number of carbonyl (C=O) groups is 1. The molecule has 0 aliphatic heterocycles. The Bertz CT molecular complexity index is 842. The number of aromatic amines is 1. The van der Waals surface area contributed by atoms with Gasteiger partial charge in [-0.2, -0.15) is 5.10 Å². The summed E-state index contributed by atoms with van der Waals surface area (Å²) >= 11 is 1.60. The van der Waals surface area contributed by atoms with Crippen LogP contribution in [0.2, 0.25) is 0 Å². The second-order valence-electron chi connectivity index (χ2n) is 5.22. The maximum Gasteiger partial charge on any atom is 0.271 e. The van der Waals surface area contributed by atoms with Gasteiger partial charge in [0.25, 0.3) is 5.91 Å². The van der Waals surface area contributed by atoms with E-state index in [2.05, 4.69) is 37.5 Å². The summed E-state index contributed by atoms with van der Waals surface area (Å²) in [4.78, 5) is 21.2. The van der Waals surface area contributed by atoms with Crippen molar-refractivity contribution in [3.05, 3.63) is 47.5 Å². The van der Waals surface area contributed by atoms with Crippen molar-refractivity contribution < 1.29 is 4.79 Å². The number of aliphatic imine (C=N–C) groups is 1. The molecule has 3 N–H and O–H groups in total. The summed E-state index contributed by atoms with van der Waals surface area (Å²) in [5.74, 6) is 1.14. The van der Waals surface area contributed by atoms with Gasteiger partial charge in [0.1, 0.15) is 5.82 Å². The van der Waals surface area contributed by atoms with Crippen molar-refractivity contribution in [3.8, 4) is 10.6 Å². The minimum Gasteiger partial charge on any atom is -0.370 e. The fourth-order valence-electron chi connectivity index (χ4n) is 2.20. The standard InChI is InChI=1S/C17H18N6OS/c1-18-15-6-2-7-16(21-15)19-8-4-9-20-17(24)13-11-12(22-23-13)14-5-3-10-25-14/h2-3,5-7,10-11H,1,4,8-9H2,(H,19,21)(H,20,24)(H,22,23). The van der Waals surface area contributed by atoms with Crippen molar-refractivity contribution in [2.75, 3.05) is 18.4 Å². The molecule has 0 unspecified atom stereocenters. The molecule has 128 valence electrons. The van der Waals surface area contributed by atoms with Gasteiger partial charge in [0.05, 0.1) is 10.6 Å². The molecule has 3 heterocycles. The lowest BCUT2D eigenvalue weighted by Gasteiger charge is -2.06. The lowest BCUT2D eigenvalue weighted by atomic mass is 10.3. The van der Waals surface area contributed by atoms with E-state index >= 15 is 0 Å². The molecular weight excluding hydrogens is 336 g/mol. The molecule has 0 radical (unpaired) electrons. The fourth-order valence-corrected chi connectivity index (χ4v) is 2.90. The maximum atomic E-state index is 12.1. The monoisotopic (exact) mass is 354 g/mol. The molecule has 0 aliphatic carbocycles. The molecule has 0 fully saturated rings. The molecule has 3 rings (SSSR count). The van der Waals surface area contributed by atoms with Gasteiger partial charge in [-0.25, -0.2) is 9.98 Å². The van der Waals surface area contributed by atoms with Crippen LogP contribution >= 0.6 is 11.3 Å². The molecule has 0 saturated heterocycles. The second kappa shape index (κ2) is 8.20. The van der Waals surface area contributed by atoms with E-state index in [1.165, 1.54) is 0 Å². The van der Waals surface area contributed by atoms with Crippen LogP contribution in [0.4, 0.5) is 11.6 Å². The third kappa shape index (κ3) is 4.51. The van der Waals surface area contributed by atoms with Crippen LogP contribution in [-0.2, 0) is 0 Å². The van der Waals surface area contributed by atoms with Gasteiger partial charge in [0, 0.05) is 13.1 Å². The van der Waals surface area contributed by atoms with Crippen molar-refractivity contribution in [2.24, 2.45) is 4.99 Å². The van der Waals surface area contributed by atoms with Crippen molar-refractivity contribution in [2.45, 2.75) is 6.42 Å². The molecule has 3 aromatic heterocycles. The van der Waals surface area contributed by atoms with Gasteiger partial charge in [0.2, 0.25) is 0 Å². The van der Waals surface area contributed by atoms with Crippen LogP contribution < -0.4 is 10.6 Å². The average Bonchev–Trinajstić information content (AvgIpc) is 3.32. The smallest absolute Gasteiger partial charge is 0.271 e. The Morgan fingerprint density at radius 2 is 2.20 bits per heavy atom. The summed E-state index contributed by atoms with van der Waals surface area (Å²) in [6.45, 7) is 4.69. The SMILES string of the molecule is C=Nc1cccc(NCCCNC(=O)c2cc(-c3cccs3)[nH]n2)n1. The number of nitrogens with zero attached hydrogens (tertiary/aromatic N) is 3. The van der Waals surface area contributed by atoms with E-state index in [0.717, 1.165) is 22.8 Å². The molecule has 3 aromatic rings. The van der Waals surface area contributed by atoms with E-state index in [1.807, 2.05) is 29.6 Å². The van der Waals surface area contributed by atoms with Crippen LogP contribution in [0.25, 0.3) is 10.6 Å². The molecule has 0 aromatic carbocycles. The zero-order valence-electron chi connectivity index (χ0n) is 13.5. The van der Waals surface area contributed by atoms with Gasteiger partial charge in [-0.05, 0) is 42.8 Å². The van der Waals surface area contributed by atoms with Gasteiger partial charge in [0.15, 0.2) is 11.5 Å².